The topological polar surface area (TPSA) is 66.5 Å². The number of rotatable bonds is 5. The summed E-state index contributed by atoms with van der Waals surface area (Å²) in [7, 11) is 0. The fourth-order valence-electron chi connectivity index (χ4n) is 1.64. The monoisotopic (exact) mass is 271 g/mol. The number of hydrazone groups is 1. The Morgan fingerprint density at radius 1 is 1.40 bits per heavy atom. The average Bonchev–Trinajstić information content (AvgIpc) is 2.93. The van der Waals surface area contributed by atoms with Gasteiger partial charge in [0.2, 0.25) is 0 Å². The molecule has 1 heterocycles. The van der Waals surface area contributed by atoms with E-state index < -0.39 is 0 Å². The van der Waals surface area contributed by atoms with Crippen molar-refractivity contribution in [3.05, 3.63) is 53.3 Å². The maximum absolute atomic E-state index is 11.6. The molecule has 1 aromatic carbocycles. The van der Waals surface area contributed by atoms with Crippen LogP contribution in [0.3, 0.4) is 0 Å². The Kier molecular flexibility index (Phi) is 4.55. The minimum atomic E-state index is -0.297. The molecule has 1 aromatic heterocycles. The van der Waals surface area contributed by atoms with Gasteiger partial charge < -0.3 is 9.72 Å². The molecule has 1 amide bonds. The lowest BCUT2D eigenvalue weighted by atomic mass is 10.1. The van der Waals surface area contributed by atoms with Gasteiger partial charge in [0, 0.05) is 6.20 Å². The minimum Gasteiger partial charge on any atom is -0.483 e. The highest BCUT2D eigenvalue weighted by molar-refractivity contribution is 5.81. The van der Waals surface area contributed by atoms with Gasteiger partial charge in [0.25, 0.3) is 5.91 Å². The molecule has 0 unspecified atom stereocenters. The van der Waals surface area contributed by atoms with Gasteiger partial charge in [-0.05, 0) is 43.2 Å². The first-order valence-electron chi connectivity index (χ1n) is 6.30. The van der Waals surface area contributed by atoms with E-state index in [0.717, 1.165) is 16.8 Å². The molecule has 0 fully saturated rings. The van der Waals surface area contributed by atoms with Crippen molar-refractivity contribution in [3.63, 3.8) is 0 Å². The highest BCUT2D eigenvalue weighted by Gasteiger charge is 2.04. The lowest BCUT2D eigenvalue weighted by Gasteiger charge is -2.08. The molecule has 0 aliphatic carbocycles. The molecule has 104 valence electrons. The van der Waals surface area contributed by atoms with E-state index in [0.29, 0.717) is 5.75 Å². The summed E-state index contributed by atoms with van der Waals surface area (Å²) >= 11 is 0. The summed E-state index contributed by atoms with van der Waals surface area (Å²) < 4.78 is 5.47. The number of nitrogens with zero attached hydrogens (tertiary/aromatic N) is 1. The smallest absolute Gasteiger partial charge is 0.277 e. The number of benzene rings is 1. The Hall–Kier alpha value is -2.56. The highest BCUT2D eigenvalue weighted by atomic mass is 16.5. The van der Waals surface area contributed by atoms with Crippen LogP contribution in [0, 0.1) is 13.8 Å². The Morgan fingerprint density at radius 2 is 2.25 bits per heavy atom. The third-order valence-corrected chi connectivity index (χ3v) is 2.72. The maximum atomic E-state index is 11.6. The Balaban J connectivity index is 1.82. The normalized spacial score (nSPS) is 10.7. The number of ether oxygens (including phenoxy) is 1. The van der Waals surface area contributed by atoms with Crippen molar-refractivity contribution in [1.82, 2.24) is 10.4 Å². The summed E-state index contributed by atoms with van der Waals surface area (Å²) in [6.45, 7) is 3.86. The Bertz CT molecular complexity index is 604. The van der Waals surface area contributed by atoms with Gasteiger partial charge in [-0.3, -0.25) is 4.79 Å². The number of H-pyrrole nitrogens is 1. The van der Waals surface area contributed by atoms with Crippen LogP contribution in [0.4, 0.5) is 0 Å². The molecule has 5 heteroatoms. The van der Waals surface area contributed by atoms with Gasteiger partial charge in [0.05, 0.1) is 11.9 Å². The van der Waals surface area contributed by atoms with Crippen molar-refractivity contribution in [2.24, 2.45) is 5.10 Å². The number of aromatic amines is 1. The zero-order chi connectivity index (χ0) is 14.4. The number of amides is 1. The number of nitrogens with one attached hydrogen (secondary N) is 2. The first-order valence-corrected chi connectivity index (χ1v) is 6.30. The summed E-state index contributed by atoms with van der Waals surface area (Å²) in [5, 5.41) is 3.83. The number of carbonyl (C=O) groups excluding carboxylic acids is 1. The van der Waals surface area contributed by atoms with Crippen LogP contribution < -0.4 is 10.2 Å². The molecule has 0 aliphatic heterocycles. The first-order chi connectivity index (χ1) is 9.65. The molecular weight excluding hydrogens is 254 g/mol. The van der Waals surface area contributed by atoms with Crippen LogP contribution in [0.1, 0.15) is 16.8 Å². The molecule has 0 radical (unpaired) electrons. The number of hydrogen-bond donors (Lipinski definition) is 2. The second kappa shape index (κ2) is 6.56. The van der Waals surface area contributed by atoms with E-state index in [-0.39, 0.29) is 12.5 Å². The average molecular weight is 271 g/mol. The maximum Gasteiger partial charge on any atom is 0.277 e. The van der Waals surface area contributed by atoms with Crippen LogP contribution in [0.5, 0.6) is 5.75 Å². The molecule has 0 atom stereocenters. The fourth-order valence-corrected chi connectivity index (χ4v) is 1.64. The van der Waals surface area contributed by atoms with E-state index in [2.05, 4.69) is 15.5 Å². The van der Waals surface area contributed by atoms with E-state index >= 15 is 0 Å². The van der Waals surface area contributed by atoms with Crippen molar-refractivity contribution in [3.8, 4) is 5.75 Å². The van der Waals surface area contributed by atoms with E-state index in [1.165, 1.54) is 6.21 Å². The molecule has 2 N–H and O–H groups in total. The third kappa shape index (κ3) is 3.98. The fraction of sp³-hybridized carbons (Fsp3) is 0.200. The summed E-state index contributed by atoms with van der Waals surface area (Å²) in [4.78, 5) is 14.5. The third-order valence-electron chi connectivity index (χ3n) is 2.72. The van der Waals surface area contributed by atoms with Gasteiger partial charge in [-0.25, -0.2) is 5.43 Å². The van der Waals surface area contributed by atoms with Crippen LogP contribution in [0.15, 0.2) is 41.6 Å². The van der Waals surface area contributed by atoms with Crippen molar-refractivity contribution >= 4 is 12.1 Å². The molecular formula is C15H17N3O2. The van der Waals surface area contributed by atoms with Gasteiger partial charge in [0.15, 0.2) is 6.61 Å². The lowest BCUT2D eigenvalue weighted by molar-refractivity contribution is -0.123. The van der Waals surface area contributed by atoms with E-state index in [9.17, 15) is 4.79 Å². The molecule has 0 spiro atoms. The molecule has 2 rings (SSSR count). The van der Waals surface area contributed by atoms with E-state index in [1.54, 1.807) is 6.20 Å². The molecule has 0 saturated heterocycles. The van der Waals surface area contributed by atoms with Gasteiger partial charge >= 0.3 is 0 Å². The van der Waals surface area contributed by atoms with Crippen LogP contribution in [0.25, 0.3) is 0 Å². The van der Waals surface area contributed by atoms with Gasteiger partial charge in [-0.2, -0.15) is 5.10 Å². The Labute approximate surface area is 117 Å². The van der Waals surface area contributed by atoms with Crippen molar-refractivity contribution in [2.75, 3.05) is 6.61 Å². The SMILES string of the molecule is Cc1ccc(C)c(OCC(=O)N/N=C/c2ccc[nH]2)c1. The zero-order valence-corrected chi connectivity index (χ0v) is 11.5. The second-order valence-corrected chi connectivity index (χ2v) is 4.48. The molecule has 0 bridgehead atoms. The van der Waals surface area contributed by atoms with Crippen LogP contribution in [-0.4, -0.2) is 23.7 Å². The predicted molar refractivity (Wildman–Crippen MR) is 77.9 cm³/mol. The van der Waals surface area contributed by atoms with Crippen molar-refractivity contribution in [1.29, 1.82) is 0 Å². The summed E-state index contributed by atoms with van der Waals surface area (Å²) in [5.41, 5.74) is 5.32. The predicted octanol–water partition coefficient (Wildman–Crippen LogP) is 2.16. The first kappa shape index (κ1) is 13.9. The van der Waals surface area contributed by atoms with Crippen LogP contribution >= 0.6 is 0 Å². The second-order valence-electron chi connectivity index (χ2n) is 4.48. The highest BCUT2D eigenvalue weighted by Crippen LogP contribution is 2.18. The number of aromatic nitrogens is 1. The summed E-state index contributed by atoms with van der Waals surface area (Å²) in [6.07, 6.45) is 3.32. The minimum absolute atomic E-state index is 0.0631. The van der Waals surface area contributed by atoms with E-state index in [1.807, 2.05) is 44.2 Å². The van der Waals surface area contributed by atoms with Crippen LogP contribution in [-0.2, 0) is 4.79 Å². The molecule has 0 aliphatic rings. The standard InChI is InChI=1S/C15H17N3O2/c1-11-5-6-12(2)14(8-11)20-10-15(19)18-17-9-13-4-3-7-16-13/h3-9,16H,10H2,1-2H3,(H,18,19)/b17-9+. The number of carbonyl (C=O) groups is 1. The van der Waals surface area contributed by atoms with E-state index in [4.69, 9.17) is 4.74 Å². The molecule has 2 aromatic rings. The van der Waals surface area contributed by atoms with Gasteiger partial charge in [0.1, 0.15) is 5.75 Å². The summed E-state index contributed by atoms with van der Waals surface area (Å²) in [6, 6.07) is 9.58. The van der Waals surface area contributed by atoms with Crippen LogP contribution in [0.2, 0.25) is 0 Å². The molecule has 5 nitrogen and oxygen atoms in total. The number of aryl methyl sites for hydroxylation is 2. The van der Waals surface area contributed by atoms with Crippen molar-refractivity contribution in [2.45, 2.75) is 13.8 Å². The summed E-state index contributed by atoms with van der Waals surface area (Å²) in [5.74, 6) is 0.419. The van der Waals surface area contributed by atoms with Crippen molar-refractivity contribution < 1.29 is 9.53 Å². The lowest BCUT2D eigenvalue weighted by Crippen LogP contribution is -2.24. The van der Waals surface area contributed by atoms with Gasteiger partial charge in [-0.1, -0.05) is 12.1 Å². The van der Waals surface area contributed by atoms with Gasteiger partial charge in [-0.15, -0.1) is 0 Å². The molecule has 0 saturated carbocycles. The largest absolute Gasteiger partial charge is 0.483 e. The quantitative estimate of drug-likeness (QED) is 0.646. The molecule has 20 heavy (non-hydrogen) atoms. The zero-order valence-electron chi connectivity index (χ0n) is 11.5. The number of hydrogen-bond acceptors (Lipinski definition) is 3. The Morgan fingerprint density at radius 3 is 3.00 bits per heavy atom.